The number of hydrogen-bond acceptors (Lipinski definition) is 1. The van der Waals surface area contributed by atoms with E-state index in [1.54, 1.807) is 12.1 Å². The molecule has 1 heteroatoms. The van der Waals surface area contributed by atoms with Crippen molar-refractivity contribution in [3.8, 4) is 56.0 Å². The first-order chi connectivity index (χ1) is 27.5. The van der Waals surface area contributed by atoms with Gasteiger partial charge in [-0.1, -0.05) is 151 Å². The molecule has 0 unspecified atom stereocenters. The zero-order chi connectivity index (χ0) is 39.6. The Morgan fingerprint density at radius 3 is 1.85 bits per heavy atom. The van der Waals surface area contributed by atoms with Crippen LogP contribution in [0.15, 0.2) is 170 Å². The van der Waals surface area contributed by atoms with Crippen LogP contribution in [0.5, 0.6) is 11.5 Å². The molecule has 0 fully saturated rings. The molecule has 1 heterocycles. The highest BCUT2D eigenvalue weighted by Gasteiger charge is 2.23. The summed E-state index contributed by atoms with van der Waals surface area (Å²) in [5.74, 6) is 1.49. The monoisotopic (exact) mass is 606 g/mol. The lowest BCUT2D eigenvalue weighted by atomic mass is 9.82. The molecule has 0 atom stereocenters. The van der Waals surface area contributed by atoms with Gasteiger partial charge in [-0.2, -0.15) is 0 Å². The van der Waals surface area contributed by atoms with Crippen LogP contribution >= 0.6 is 0 Å². The summed E-state index contributed by atoms with van der Waals surface area (Å²) in [5, 5.41) is 6.03. The maximum absolute atomic E-state index is 9.17. The summed E-state index contributed by atoms with van der Waals surface area (Å²) in [6.45, 7) is 0. The molecule has 218 valence electrons. The van der Waals surface area contributed by atoms with E-state index in [0.29, 0.717) is 38.4 Å². The second-order valence-corrected chi connectivity index (χ2v) is 11.7. The predicted octanol–water partition coefficient (Wildman–Crippen LogP) is 13.1. The van der Waals surface area contributed by atoms with Crippen LogP contribution in [0.4, 0.5) is 0 Å². The number of fused-ring (bicyclic) bond motifs is 6. The topological polar surface area (TPSA) is 9.23 Å². The van der Waals surface area contributed by atoms with Gasteiger partial charge in [-0.15, -0.1) is 0 Å². The number of ether oxygens (including phenoxy) is 1. The summed E-state index contributed by atoms with van der Waals surface area (Å²) >= 11 is 0. The lowest BCUT2D eigenvalue weighted by molar-refractivity contribution is 0.487. The van der Waals surface area contributed by atoms with Crippen LogP contribution in [0.2, 0.25) is 0 Å². The van der Waals surface area contributed by atoms with Crippen molar-refractivity contribution in [1.29, 1.82) is 0 Å². The van der Waals surface area contributed by atoms with Gasteiger partial charge >= 0.3 is 0 Å². The van der Waals surface area contributed by atoms with Gasteiger partial charge in [-0.25, -0.2) is 0 Å². The molecule has 0 saturated carbocycles. The second kappa shape index (κ2) is 10.2. The highest BCUT2D eigenvalue weighted by molar-refractivity contribution is 6.29. The average Bonchev–Trinajstić information content (AvgIpc) is 3.23. The van der Waals surface area contributed by atoms with Crippen molar-refractivity contribution in [2.45, 2.75) is 0 Å². The fourth-order valence-electron chi connectivity index (χ4n) is 7.30. The normalized spacial score (nSPS) is 15.0. The largest absolute Gasteiger partial charge is 0.456 e. The van der Waals surface area contributed by atoms with Gasteiger partial charge in [0.25, 0.3) is 0 Å². The molecule has 1 aliphatic rings. The molecular formula is C46H28O. The van der Waals surface area contributed by atoms with Crippen LogP contribution in [-0.2, 0) is 0 Å². The van der Waals surface area contributed by atoms with Crippen molar-refractivity contribution < 1.29 is 18.4 Å². The summed E-state index contributed by atoms with van der Waals surface area (Å²) in [6.07, 6.45) is 0. The van der Waals surface area contributed by atoms with Gasteiger partial charge in [0.05, 0.1) is 13.7 Å². The van der Waals surface area contributed by atoms with Crippen LogP contribution in [0.3, 0.4) is 0 Å². The third-order valence-corrected chi connectivity index (χ3v) is 9.21. The Balaban J connectivity index is 1.38. The highest BCUT2D eigenvalue weighted by atomic mass is 16.5. The molecule has 1 aliphatic heterocycles. The molecular weight excluding hydrogens is 569 g/mol. The van der Waals surface area contributed by atoms with E-state index in [0.717, 1.165) is 49.5 Å². The summed E-state index contributed by atoms with van der Waals surface area (Å²) in [7, 11) is 0. The molecule has 47 heavy (non-hydrogen) atoms. The quantitative estimate of drug-likeness (QED) is 0.144. The Morgan fingerprint density at radius 2 is 1.04 bits per heavy atom. The molecule has 0 radical (unpaired) electrons. The minimum atomic E-state index is -0.500. The van der Waals surface area contributed by atoms with E-state index in [9.17, 15) is 2.74 Å². The zero-order valence-corrected chi connectivity index (χ0v) is 24.8. The van der Waals surface area contributed by atoms with Gasteiger partial charge in [-0.05, 0) is 94.8 Å². The van der Waals surface area contributed by atoms with E-state index in [2.05, 4.69) is 24.3 Å². The maximum Gasteiger partial charge on any atom is 0.135 e. The van der Waals surface area contributed by atoms with Crippen molar-refractivity contribution in [2.75, 3.05) is 0 Å². The number of benzene rings is 9. The first-order valence-electron chi connectivity index (χ1n) is 20.4. The average molecular weight is 607 g/mol. The predicted molar refractivity (Wildman–Crippen MR) is 198 cm³/mol. The third kappa shape index (κ3) is 3.90. The molecule has 10 rings (SSSR count). The third-order valence-electron chi connectivity index (χ3n) is 9.21. The van der Waals surface area contributed by atoms with Gasteiger partial charge in [-0.3, -0.25) is 0 Å². The van der Waals surface area contributed by atoms with Gasteiger partial charge in [0.15, 0.2) is 0 Å². The van der Waals surface area contributed by atoms with Crippen LogP contribution in [0.1, 0.15) is 13.7 Å². The fourth-order valence-corrected chi connectivity index (χ4v) is 7.30. The lowest BCUT2D eigenvalue weighted by Gasteiger charge is -2.23. The van der Waals surface area contributed by atoms with Gasteiger partial charge in [0.2, 0.25) is 0 Å². The SMILES string of the molecule is [2H]c1c([2H])c([2H])c(-c2cccc3c2ccc2c(-c4ccc5c(c4)-c4cccc6cccc(c46)O5)c4ccccc4c(-c4c([2H])c([2H])c([2H])c([2H])c4[2H])c23)c([2H])c1[2H]. The Morgan fingerprint density at radius 1 is 0.383 bits per heavy atom. The lowest BCUT2D eigenvalue weighted by Crippen LogP contribution is -1.98. The van der Waals surface area contributed by atoms with Crippen LogP contribution < -0.4 is 4.74 Å². The van der Waals surface area contributed by atoms with Crippen LogP contribution in [0.25, 0.3) is 87.6 Å². The molecule has 0 aromatic heterocycles. The molecule has 1 nitrogen and oxygen atoms in total. The molecule has 0 bridgehead atoms. The smallest absolute Gasteiger partial charge is 0.135 e. The van der Waals surface area contributed by atoms with Crippen molar-refractivity contribution in [3.05, 3.63) is 170 Å². The Kier molecular flexibility index (Phi) is 3.91. The minimum Gasteiger partial charge on any atom is -0.456 e. The molecule has 9 aromatic rings. The zero-order valence-electron chi connectivity index (χ0n) is 34.8. The summed E-state index contributed by atoms with van der Waals surface area (Å²) in [4.78, 5) is 0. The van der Waals surface area contributed by atoms with E-state index in [4.69, 9.17) is 15.7 Å². The van der Waals surface area contributed by atoms with E-state index >= 15 is 0 Å². The first-order valence-corrected chi connectivity index (χ1v) is 15.4. The van der Waals surface area contributed by atoms with E-state index in [1.165, 1.54) is 0 Å². The number of rotatable bonds is 3. The maximum atomic E-state index is 9.17. The van der Waals surface area contributed by atoms with E-state index in [-0.39, 0.29) is 35.3 Å². The summed E-state index contributed by atoms with van der Waals surface area (Å²) < 4.78 is 93.2. The Labute approximate surface area is 287 Å². The van der Waals surface area contributed by atoms with Crippen molar-refractivity contribution in [1.82, 2.24) is 0 Å². The van der Waals surface area contributed by atoms with Gasteiger partial charge < -0.3 is 4.74 Å². The fraction of sp³-hybridized carbons (Fsp3) is 0. The van der Waals surface area contributed by atoms with Crippen molar-refractivity contribution in [2.24, 2.45) is 0 Å². The second-order valence-electron chi connectivity index (χ2n) is 11.7. The van der Waals surface area contributed by atoms with Crippen molar-refractivity contribution >= 4 is 43.1 Å². The van der Waals surface area contributed by atoms with Crippen LogP contribution in [0, 0.1) is 0 Å². The molecule has 0 spiro atoms. The summed E-state index contributed by atoms with van der Waals surface area (Å²) in [5.41, 5.74) is 4.58. The number of hydrogen-bond donors (Lipinski definition) is 0. The molecule has 0 amide bonds. The molecule has 9 aromatic carbocycles. The molecule has 0 N–H and O–H groups in total. The first kappa shape index (κ1) is 18.1. The van der Waals surface area contributed by atoms with Gasteiger partial charge in [0.1, 0.15) is 11.5 Å². The Bertz CT molecular complexity index is 3220. The minimum absolute atomic E-state index is 0.0385. The van der Waals surface area contributed by atoms with E-state index in [1.807, 2.05) is 72.8 Å². The molecule has 0 aliphatic carbocycles. The highest BCUT2D eigenvalue weighted by Crippen LogP contribution is 2.51. The van der Waals surface area contributed by atoms with E-state index < -0.39 is 36.3 Å². The van der Waals surface area contributed by atoms with Crippen molar-refractivity contribution in [3.63, 3.8) is 0 Å². The Hall–Kier alpha value is -6.18. The van der Waals surface area contributed by atoms with Gasteiger partial charge in [0, 0.05) is 10.9 Å². The standard InChI is InChI=1S/C46H28O/c1-3-12-29(13-4-1)33-20-11-22-35-34(33)25-26-39-43(36-18-7-8-19-37(36)45(46(35)39)31-14-5-2-6-15-31)32-24-27-41-40(28-32)38-21-9-16-30-17-10-23-42(47-41)44(30)38/h1-28H/i1D,2D,3D,4D,5D,6D,12D,13D,14D,15D. The van der Waals surface area contributed by atoms with Crippen LogP contribution in [-0.4, -0.2) is 0 Å². The molecule has 0 saturated heterocycles. The summed E-state index contributed by atoms with van der Waals surface area (Å²) in [6, 6.07) is 30.8.